The van der Waals surface area contributed by atoms with E-state index in [1.807, 2.05) is 0 Å². The molecule has 21 heavy (non-hydrogen) atoms. The Kier molecular flexibility index (Phi) is 4.39. The maximum atomic E-state index is 12.9. The van der Waals surface area contributed by atoms with Crippen LogP contribution in [0.3, 0.4) is 0 Å². The van der Waals surface area contributed by atoms with Crippen LogP contribution in [0.1, 0.15) is 29.8 Å². The normalized spacial score (nSPS) is 15.2. The second-order valence-electron chi connectivity index (χ2n) is 4.80. The van der Waals surface area contributed by atoms with Gasteiger partial charge in [-0.1, -0.05) is 34.1 Å². The monoisotopic (exact) mass is 352 g/mol. The quantitative estimate of drug-likeness (QED) is 0.829. The molecule has 6 heteroatoms. The lowest BCUT2D eigenvalue weighted by atomic mass is 10.0. The summed E-state index contributed by atoms with van der Waals surface area (Å²) in [6.45, 7) is 1.60. The Hall–Kier alpha value is -1.79. The SMILES string of the molecule is CC(Br)(C(N)=O)c1ccc(C(O)c2ccc(F)cc2)cn1. The minimum Gasteiger partial charge on any atom is -0.384 e. The summed E-state index contributed by atoms with van der Waals surface area (Å²) in [5, 5.41) is 10.2. The van der Waals surface area contributed by atoms with Crippen molar-refractivity contribution < 1.29 is 14.3 Å². The molecule has 0 aliphatic heterocycles. The molecular weight excluding hydrogens is 339 g/mol. The third kappa shape index (κ3) is 3.28. The Balaban J connectivity index is 2.26. The molecule has 0 spiro atoms. The highest BCUT2D eigenvalue weighted by molar-refractivity contribution is 9.10. The summed E-state index contributed by atoms with van der Waals surface area (Å²) in [7, 11) is 0. The molecule has 110 valence electrons. The number of nitrogens with zero attached hydrogens (tertiary/aromatic N) is 1. The third-order valence-electron chi connectivity index (χ3n) is 3.23. The number of carbonyl (C=O) groups is 1. The minimum atomic E-state index is -1.06. The molecule has 0 saturated carbocycles. The lowest BCUT2D eigenvalue weighted by Gasteiger charge is -2.18. The van der Waals surface area contributed by atoms with Gasteiger partial charge in [0.05, 0.1) is 5.69 Å². The average molecular weight is 353 g/mol. The molecule has 0 aliphatic rings. The average Bonchev–Trinajstić information content (AvgIpc) is 2.47. The highest BCUT2D eigenvalue weighted by Gasteiger charge is 2.31. The van der Waals surface area contributed by atoms with Gasteiger partial charge in [0.2, 0.25) is 5.91 Å². The molecule has 1 heterocycles. The van der Waals surface area contributed by atoms with E-state index in [2.05, 4.69) is 20.9 Å². The summed E-state index contributed by atoms with van der Waals surface area (Å²) in [4.78, 5) is 15.5. The standard InChI is InChI=1S/C15H14BrFN2O2/c1-15(16,14(18)21)12-7-4-10(8-19-12)13(20)9-2-5-11(17)6-3-9/h2-8,13,20H,1H3,(H2,18,21). The Bertz CT molecular complexity index is 642. The van der Waals surface area contributed by atoms with E-state index in [-0.39, 0.29) is 5.82 Å². The van der Waals surface area contributed by atoms with Crippen LogP contribution in [0, 0.1) is 5.82 Å². The Morgan fingerprint density at radius 3 is 2.33 bits per heavy atom. The molecule has 1 aromatic heterocycles. The number of halogens is 2. The summed E-state index contributed by atoms with van der Waals surface area (Å²) in [6.07, 6.45) is 0.550. The van der Waals surface area contributed by atoms with Crippen LogP contribution in [0.5, 0.6) is 0 Å². The van der Waals surface area contributed by atoms with Crippen molar-refractivity contribution >= 4 is 21.8 Å². The van der Waals surface area contributed by atoms with Gasteiger partial charge in [0.25, 0.3) is 0 Å². The fraction of sp³-hybridized carbons (Fsp3) is 0.200. The number of carbonyl (C=O) groups excluding carboxylic acids is 1. The topological polar surface area (TPSA) is 76.2 Å². The first kappa shape index (κ1) is 15.6. The Labute approximate surface area is 129 Å². The van der Waals surface area contributed by atoms with Gasteiger partial charge < -0.3 is 10.8 Å². The minimum absolute atomic E-state index is 0.365. The van der Waals surface area contributed by atoms with E-state index in [1.165, 1.54) is 30.5 Å². The van der Waals surface area contributed by atoms with Crippen molar-refractivity contribution in [3.05, 3.63) is 65.2 Å². The van der Waals surface area contributed by atoms with Crippen molar-refractivity contribution in [1.29, 1.82) is 0 Å². The zero-order valence-corrected chi connectivity index (χ0v) is 12.8. The van der Waals surface area contributed by atoms with Gasteiger partial charge in [-0.05, 0) is 30.7 Å². The maximum absolute atomic E-state index is 12.9. The molecule has 2 unspecified atom stereocenters. The van der Waals surface area contributed by atoms with Gasteiger partial charge in [-0.15, -0.1) is 0 Å². The number of hydrogen-bond acceptors (Lipinski definition) is 3. The lowest BCUT2D eigenvalue weighted by Crippen LogP contribution is -2.33. The van der Waals surface area contributed by atoms with Gasteiger partial charge in [-0.25, -0.2) is 4.39 Å². The van der Waals surface area contributed by atoms with Crippen molar-refractivity contribution in [3.8, 4) is 0 Å². The molecule has 0 fully saturated rings. The highest BCUT2D eigenvalue weighted by atomic mass is 79.9. The van der Waals surface area contributed by atoms with E-state index in [0.29, 0.717) is 16.8 Å². The fourth-order valence-electron chi connectivity index (χ4n) is 1.81. The number of aromatic nitrogens is 1. The zero-order valence-electron chi connectivity index (χ0n) is 11.3. The summed E-state index contributed by atoms with van der Waals surface area (Å²) in [5.41, 5.74) is 6.84. The molecule has 1 amide bonds. The summed E-state index contributed by atoms with van der Waals surface area (Å²) in [6, 6.07) is 8.84. The van der Waals surface area contributed by atoms with Gasteiger partial charge in [0.1, 0.15) is 16.2 Å². The van der Waals surface area contributed by atoms with Crippen LogP contribution in [-0.4, -0.2) is 16.0 Å². The smallest absolute Gasteiger partial charge is 0.240 e. The van der Waals surface area contributed by atoms with Gasteiger partial charge in [0, 0.05) is 11.8 Å². The molecule has 4 nitrogen and oxygen atoms in total. The van der Waals surface area contributed by atoms with Crippen LogP contribution >= 0.6 is 15.9 Å². The van der Waals surface area contributed by atoms with Crippen LogP contribution in [0.15, 0.2) is 42.6 Å². The van der Waals surface area contributed by atoms with E-state index in [9.17, 15) is 14.3 Å². The first-order valence-electron chi connectivity index (χ1n) is 6.21. The van der Waals surface area contributed by atoms with Crippen molar-refractivity contribution in [2.24, 2.45) is 5.73 Å². The van der Waals surface area contributed by atoms with Gasteiger partial charge in [-0.2, -0.15) is 0 Å². The van der Waals surface area contributed by atoms with E-state index < -0.39 is 16.3 Å². The number of nitrogens with two attached hydrogens (primary N) is 1. The number of amides is 1. The largest absolute Gasteiger partial charge is 0.384 e. The van der Waals surface area contributed by atoms with E-state index >= 15 is 0 Å². The molecule has 1 aromatic carbocycles. The molecule has 0 saturated heterocycles. The zero-order chi connectivity index (χ0) is 15.6. The first-order valence-corrected chi connectivity index (χ1v) is 7.00. The maximum Gasteiger partial charge on any atom is 0.240 e. The van der Waals surface area contributed by atoms with Crippen molar-refractivity contribution in [1.82, 2.24) is 4.98 Å². The predicted octanol–water partition coefficient (Wildman–Crippen LogP) is 2.40. The first-order chi connectivity index (χ1) is 9.82. The molecule has 0 aliphatic carbocycles. The van der Waals surface area contributed by atoms with Crippen LogP contribution in [-0.2, 0) is 9.12 Å². The molecule has 0 bridgehead atoms. The third-order valence-corrected chi connectivity index (χ3v) is 4.03. The number of hydrogen-bond donors (Lipinski definition) is 2. The van der Waals surface area contributed by atoms with Crippen LogP contribution in [0.2, 0.25) is 0 Å². The molecular formula is C15H14BrFN2O2. The van der Waals surface area contributed by atoms with E-state index in [0.717, 1.165) is 0 Å². The summed E-state index contributed by atoms with van der Waals surface area (Å²) in [5.74, 6) is -0.919. The van der Waals surface area contributed by atoms with Crippen molar-refractivity contribution in [2.75, 3.05) is 0 Å². The van der Waals surface area contributed by atoms with Gasteiger partial charge in [-0.3, -0.25) is 9.78 Å². The predicted molar refractivity (Wildman–Crippen MR) is 80.2 cm³/mol. The van der Waals surface area contributed by atoms with Crippen molar-refractivity contribution in [3.63, 3.8) is 0 Å². The van der Waals surface area contributed by atoms with Crippen LogP contribution in [0.25, 0.3) is 0 Å². The number of rotatable bonds is 4. The molecule has 0 radical (unpaired) electrons. The van der Waals surface area contributed by atoms with Gasteiger partial charge in [0.15, 0.2) is 0 Å². The second-order valence-corrected chi connectivity index (χ2v) is 6.38. The lowest BCUT2D eigenvalue weighted by molar-refractivity contribution is -0.120. The number of benzene rings is 1. The number of aliphatic hydroxyl groups is 1. The van der Waals surface area contributed by atoms with E-state index in [1.54, 1.807) is 19.1 Å². The highest BCUT2D eigenvalue weighted by Crippen LogP contribution is 2.30. The van der Waals surface area contributed by atoms with Crippen molar-refractivity contribution in [2.45, 2.75) is 17.4 Å². The van der Waals surface area contributed by atoms with Gasteiger partial charge >= 0.3 is 0 Å². The van der Waals surface area contributed by atoms with E-state index in [4.69, 9.17) is 5.73 Å². The number of pyridine rings is 1. The summed E-state index contributed by atoms with van der Waals surface area (Å²) >= 11 is 3.23. The number of alkyl halides is 1. The molecule has 3 N–H and O–H groups in total. The summed E-state index contributed by atoms with van der Waals surface area (Å²) < 4.78 is 11.8. The number of primary amides is 1. The van der Waals surface area contributed by atoms with Crippen LogP contribution in [0.4, 0.5) is 4.39 Å². The molecule has 2 rings (SSSR count). The number of aliphatic hydroxyl groups excluding tert-OH is 1. The molecule has 2 atom stereocenters. The Morgan fingerprint density at radius 2 is 1.86 bits per heavy atom. The fourth-order valence-corrected chi connectivity index (χ4v) is 2.04. The van der Waals surface area contributed by atoms with Crippen LogP contribution < -0.4 is 5.73 Å². The Morgan fingerprint density at radius 1 is 1.29 bits per heavy atom. The molecule has 2 aromatic rings. The second kappa shape index (κ2) is 5.91.